The molecule has 0 heterocycles. The molecule has 0 bridgehead atoms. The van der Waals surface area contributed by atoms with Gasteiger partial charge >= 0.3 is 0 Å². The van der Waals surface area contributed by atoms with Crippen molar-refractivity contribution in [2.75, 3.05) is 6.61 Å². The number of hydrogen-bond donors (Lipinski definition) is 2. The van der Waals surface area contributed by atoms with Gasteiger partial charge in [-0.05, 0) is 12.5 Å². The van der Waals surface area contributed by atoms with Gasteiger partial charge in [-0.1, -0.05) is 95.0 Å². The summed E-state index contributed by atoms with van der Waals surface area (Å²) in [6.07, 6.45) is 12.4. The number of carbonyl (C=O) groups excluding carboxylic acids is 1. The van der Waals surface area contributed by atoms with Gasteiger partial charge in [0.15, 0.2) is 17.3 Å². The van der Waals surface area contributed by atoms with Gasteiger partial charge in [-0.3, -0.25) is 4.79 Å². The second kappa shape index (κ2) is 12.9. The Kier molecular flexibility index (Phi) is 10.1. The minimum atomic E-state index is -0.299. The Morgan fingerprint density at radius 2 is 1.38 bits per heavy atom. The number of ether oxygens (including phenoxy) is 1. The average molecular weight is 399 g/mol. The smallest absolute Gasteiger partial charge is 0.196 e. The molecule has 0 saturated carbocycles. The van der Waals surface area contributed by atoms with Gasteiger partial charge in [-0.15, -0.1) is 0 Å². The van der Waals surface area contributed by atoms with Crippen LogP contribution in [0.3, 0.4) is 0 Å². The van der Waals surface area contributed by atoms with Gasteiger partial charge in [-0.2, -0.15) is 0 Å². The molecule has 0 fully saturated rings. The molecule has 2 aromatic carbocycles. The summed E-state index contributed by atoms with van der Waals surface area (Å²) in [5.41, 5.74) is 0.612. The molecular formula is C25H34O4. The van der Waals surface area contributed by atoms with Crippen LogP contribution in [0.4, 0.5) is 0 Å². The van der Waals surface area contributed by atoms with E-state index in [4.69, 9.17) is 4.74 Å². The van der Waals surface area contributed by atoms with Crippen LogP contribution in [0.2, 0.25) is 0 Å². The van der Waals surface area contributed by atoms with Gasteiger partial charge in [0.1, 0.15) is 5.75 Å². The van der Waals surface area contributed by atoms with Crippen molar-refractivity contribution in [3.8, 4) is 17.2 Å². The molecule has 0 spiro atoms. The first kappa shape index (κ1) is 22.8. The lowest BCUT2D eigenvalue weighted by Gasteiger charge is -2.11. The first-order valence-electron chi connectivity index (χ1n) is 10.9. The highest BCUT2D eigenvalue weighted by Crippen LogP contribution is 2.34. The lowest BCUT2D eigenvalue weighted by atomic mass is 10.0. The molecule has 0 atom stereocenters. The molecule has 2 aromatic rings. The van der Waals surface area contributed by atoms with Gasteiger partial charge in [0.05, 0.1) is 12.2 Å². The van der Waals surface area contributed by atoms with E-state index in [-0.39, 0.29) is 28.6 Å². The number of benzene rings is 2. The van der Waals surface area contributed by atoms with Crippen LogP contribution in [0, 0.1) is 0 Å². The molecule has 4 nitrogen and oxygen atoms in total. The van der Waals surface area contributed by atoms with E-state index < -0.39 is 0 Å². The molecule has 2 N–H and O–H groups in total. The maximum atomic E-state index is 12.6. The summed E-state index contributed by atoms with van der Waals surface area (Å²) >= 11 is 0. The minimum Gasteiger partial charge on any atom is -0.507 e. The maximum Gasteiger partial charge on any atom is 0.196 e. The molecule has 0 saturated heterocycles. The van der Waals surface area contributed by atoms with Crippen molar-refractivity contribution in [2.45, 2.75) is 71.1 Å². The highest BCUT2D eigenvalue weighted by Gasteiger charge is 2.17. The maximum absolute atomic E-state index is 12.6. The Labute approximate surface area is 174 Å². The van der Waals surface area contributed by atoms with Gasteiger partial charge < -0.3 is 14.9 Å². The second-order valence-electron chi connectivity index (χ2n) is 7.56. The molecule has 0 aliphatic heterocycles. The zero-order valence-corrected chi connectivity index (χ0v) is 17.5. The molecule has 0 radical (unpaired) electrons. The monoisotopic (exact) mass is 398 g/mol. The van der Waals surface area contributed by atoms with Crippen molar-refractivity contribution in [3.05, 3.63) is 53.6 Å². The van der Waals surface area contributed by atoms with Gasteiger partial charge in [-0.25, -0.2) is 0 Å². The zero-order chi connectivity index (χ0) is 20.9. The third kappa shape index (κ3) is 7.80. The van der Waals surface area contributed by atoms with E-state index in [0.717, 1.165) is 12.8 Å². The molecule has 4 heteroatoms. The molecular weight excluding hydrogens is 364 g/mol. The first-order valence-corrected chi connectivity index (χ1v) is 10.9. The number of rotatable bonds is 14. The second-order valence-corrected chi connectivity index (χ2v) is 7.56. The van der Waals surface area contributed by atoms with Crippen LogP contribution in [0.1, 0.15) is 87.1 Å². The van der Waals surface area contributed by atoms with E-state index in [1.807, 2.05) is 6.07 Å². The fraction of sp³-hybridized carbons (Fsp3) is 0.480. The van der Waals surface area contributed by atoms with Gasteiger partial charge in [0.25, 0.3) is 0 Å². The lowest BCUT2D eigenvalue weighted by molar-refractivity contribution is 0.103. The summed E-state index contributed by atoms with van der Waals surface area (Å²) in [6.45, 7) is 2.72. The number of carbonyl (C=O) groups is 1. The van der Waals surface area contributed by atoms with Crippen molar-refractivity contribution in [3.63, 3.8) is 0 Å². The third-order valence-corrected chi connectivity index (χ3v) is 5.11. The average Bonchev–Trinajstić information content (AvgIpc) is 2.73. The lowest BCUT2D eigenvalue weighted by Crippen LogP contribution is -2.04. The van der Waals surface area contributed by atoms with Crippen molar-refractivity contribution < 1.29 is 19.7 Å². The van der Waals surface area contributed by atoms with E-state index in [2.05, 4.69) is 6.92 Å². The predicted octanol–water partition coefficient (Wildman–Crippen LogP) is 6.63. The molecule has 0 aromatic heterocycles. The summed E-state index contributed by atoms with van der Waals surface area (Å²) in [5.74, 6) is -0.466. The normalized spacial score (nSPS) is 10.8. The summed E-state index contributed by atoms with van der Waals surface area (Å²) in [4.78, 5) is 12.6. The molecule has 0 aliphatic rings. The number of hydrogen-bond acceptors (Lipinski definition) is 4. The van der Waals surface area contributed by atoms with E-state index in [1.165, 1.54) is 63.5 Å². The van der Waals surface area contributed by atoms with Crippen LogP contribution in [-0.2, 0) is 0 Å². The van der Waals surface area contributed by atoms with Crippen molar-refractivity contribution in [1.82, 2.24) is 0 Å². The molecule has 0 aliphatic carbocycles. The van der Waals surface area contributed by atoms with Crippen LogP contribution >= 0.6 is 0 Å². The predicted molar refractivity (Wildman–Crippen MR) is 117 cm³/mol. The van der Waals surface area contributed by atoms with Crippen LogP contribution in [0.25, 0.3) is 0 Å². The number of phenolic OH excluding ortho intramolecular Hbond substituents is 2. The summed E-state index contributed by atoms with van der Waals surface area (Å²) in [6, 6.07) is 11.4. The molecule has 158 valence electrons. The number of aromatic hydroxyl groups is 2. The van der Waals surface area contributed by atoms with Gasteiger partial charge in [0.2, 0.25) is 0 Å². The number of unbranched alkanes of at least 4 members (excludes halogenated alkanes) is 9. The van der Waals surface area contributed by atoms with Gasteiger partial charge in [0, 0.05) is 11.6 Å². The SMILES string of the molecule is CCCCCCCCCCCCOc1cc(C(=O)c2ccccc2)c(O)cc1O. The Morgan fingerprint density at radius 3 is 2.00 bits per heavy atom. The van der Waals surface area contributed by atoms with Crippen LogP contribution in [0.15, 0.2) is 42.5 Å². The Balaban J connectivity index is 1.75. The largest absolute Gasteiger partial charge is 0.507 e. The third-order valence-electron chi connectivity index (χ3n) is 5.11. The fourth-order valence-corrected chi connectivity index (χ4v) is 3.37. The highest BCUT2D eigenvalue weighted by molar-refractivity contribution is 6.11. The fourth-order valence-electron chi connectivity index (χ4n) is 3.37. The van der Waals surface area contributed by atoms with E-state index in [9.17, 15) is 15.0 Å². The van der Waals surface area contributed by atoms with E-state index in [1.54, 1.807) is 24.3 Å². The molecule has 0 unspecified atom stereocenters. The Bertz CT molecular complexity index is 740. The minimum absolute atomic E-state index is 0.132. The Hall–Kier alpha value is -2.49. The first-order chi connectivity index (χ1) is 14.1. The molecule has 29 heavy (non-hydrogen) atoms. The molecule has 0 amide bonds. The summed E-state index contributed by atoms with van der Waals surface area (Å²) in [7, 11) is 0. The molecule has 2 rings (SSSR count). The summed E-state index contributed by atoms with van der Waals surface area (Å²) < 4.78 is 5.68. The van der Waals surface area contributed by atoms with Crippen molar-refractivity contribution in [1.29, 1.82) is 0 Å². The highest BCUT2D eigenvalue weighted by atomic mass is 16.5. The van der Waals surface area contributed by atoms with Crippen molar-refractivity contribution in [2.24, 2.45) is 0 Å². The summed E-state index contributed by atoms with van der Waals surface area (Å²) in [5, 5.41) is 20.1. The zero-order valence-electron chi connectivity index (χ0n) is 17.5. The van der Waals surface area contributed by atoms with Crippen LogP contribution < -0.4 is 4.74 Å². The standard InChI is InChI=1S/C25H34O4/c1-2-3-4-5-6-7-8-9-10-14-17-29-24-18-21(22(26)19-23(24)27)25(28)20-15-12-11-13-16-20/h11-13,15-16,18-19,26-27H,2-10,14,17H2,1H3. The Morgan fingerprint density at radius 1 is 0.793 bits per heavy atom. The quantitative estimate of drug-likeness (QED) is 0.277. The van der Waals surface area contributed by atoms with Crippen LogP contribution in [0.5, 0.6) is 17.2 Å². The number of ketones is 1. The van der Waals surface area contributed by atoms with Crippen LogP contribution in [-0.4, -0.2) is 22.6 Å². The number of phenols is 2. The van der Waals surface area contributed by atoms with Crippen molar-refractivity contribution >= 4 is 5.78 Å². The van der Waals surface area contributed by atoms with E-state index in [0.29, 0.717) is 12.2 Å². The van der Waals surface area contributed by atoms with E-state index >= 15 is 0 Å². The topological polar surface area (TPSA) is 66.8 Å².